The quantitative estimate of drug-likeness (QED) is 0.681. The monoisotopic (exact) mass is 192 g/mol. The number of ether oxygens (including phenoxy) is 2. The normalized spacial score (nSPS) is 9.23. The summed E-state index contributed by atoms with van der Waals surface area (Å²) in [7, 11) is 3.44. The van der Waals surface area contributed by atoms with Crippen molar-refractivity contribution >= 4 is 0 Å². The van der Waals surface area contributed by atoms with Crippen LogP contribution in [0, 0.1) is 11.8 Å². The van der Waals surface area contributed by atoms with E-state index in [4.69, 9.17) is 9.47 Å². The fraction of sp³-hybridized carbons (Fsp3) is 1.00. The maximum Gasteiger partial charge on any atom is 0.0485 e. The van der Waals surface area contributed by atoms with Gasteiger partial charge in [0.15, 0.2) is 0 Å². The van der Waals surface area contributed by atoms with Gasteiger partial charge in [-0.25, -0.2) is 0 Å². The average Bonchev–Trinajstić information content (AvgIpc) is 1.87. The highest BCUT2D eigenvalue weighted by Gasteiger charge is 1.86. The van der Waals surface area contributed by atoms with Crippen LogP contribution in [0.1, 0.15) is 35.1 Å². The molecule has 0 aliphatic carbocycles. The van der Waals surface area contributed by atoms with Gasteiger partial charge in [-0.1, -0.05) is 35.1 Å². The fourth-order valence-corrected chi connectivity index (χ4v) is 0.667. The van der Waals surface area contributed by atoms with E-state index in [1.54, 1.807) is 14.2 Å². The summed E-state index contributed by atoms with van der Waals surface area (Å²) in [4.78, 5) is 0. The molecule has 0 N–H and O–H groups in total. The van der Waals surface area contributed by atoms with Gasteiger partial charge in [0.05, 0.1) is 0 Å². The zero-order valence-electron chi connectivity index (χ0n) is 9.39. The summed E-state index contributed by atoms with van der Waals surface area (Å²) in [6, 6.07) is 0. The molecular weight excluding hydrogens is 164 g/mol. The molecule has 0 aromatic heterocycles. The standard InChI is InChI=1S/2C5H12O.CH4/c2*1-5(2)4-6-3;/h2*5H,4H2,1-3H3;1H4. The second-order valence-corrected chi connectivity index (χ2v) is 3.70. The molecule has 0 bridgehead atoms. The highest BCUT2D eigenvalue weighted by molar-refractivity contribution is 4.35. The van der Waals surface area contributed by atoms with Gasteiger partial charge in [-0.3, -0.25) is 0 Å². The molecular formula is C11H28O2. The summed E-state index contributed by atoms with van der Waals surface area (Å²) in [6.07, 6.45) is 0. The van der Waals surface area contributed by atoms with Gasteiger partial charge >= 0.3 is 0 Å². The summed E-state index contributed by atoms with van der Waals surface area (Å²) >= 11 is 0. The van der Waals surface area contributed by atoms with Crippen LogP contribution in [0.25, 0.3) is 0 Å². The van der Waals surface area contributed by atoms with Gasteiger partial charge in [0, 0.05) is 27.4 Å². The lowest BCUT2D eigenvalue weighted by Gasteiger charge is -1.97. The first kappa shape index (κ1) is 18.7. The van der Waals surface area contributed by atoms with Crippen molar-refractivity contribution in [2.24, 2.45) is 11.8 Å². The van der Waals surface area contributed by atoms with Crippen molar-refractivity contribution in [2.75, 3.05) is 27.4 Å². The number of hydrogen-bond acceptors (Lipinski definition) is 2. The van der Waals surface area contributed by atoms with Crippen molar-refractivity contribution < 1.29 is 9.47 Å². The Morgan fingerprint density at radius 1 is 0.769 bits per heavy atom. The molecule has 2 heteroatoms. The third-order valence-electron chi connectivity index (χ3n) is 1.00. The van der Waals surface area contributed by atoms with Crippen molar-refractivity contribution in [1.82, 2.24) is 0 Å². The van der Waals surface area contributed by atoms with Crippen LogP contribution in [0.15, 0.2) is 0 Å². The minimum Gasteiger partial charge on any atom is -0.384 e. The lowest BCUT2D eigenvalue weighted by molar-refractivity contribution is 0.167. The Morgan fingerprint density at radius 2 is 1.00 bits per heavy atom. The first-order valence-corrected chi connectivity index (χ1v) is 4.52. The highest BCUT2D eigenvalue weighted by atomic mass is 16.5. The second kappa shape index (κ2) is 14.4. The maximum atomic E-state index is 4.80. The van der Waals surface area contributed by atoms with Crippen molar-refractivity contribution in [3.63, 3.8) is 0 Å². The Kier molecular flexibility index (Phi) is 20.7. The third kappa shape index (κ3) is 33.5. The van der Waals surface area contributed by atoms with Gasteiger partial charge in [0.2, 0.25) is 0 Å². The molecule has 0 rings (SSSR count). The number of hydrogen-bond donors (Lipinski definition) is 0. The highest BCUT2D eigenvalue weighted by Crippen LogP contribution is 1.88. The van der Waals surface area contributed by atoms with Crippen LogP contribution in [-0.2, 0) is 9.47 Å². The number of methoxy groups -OCH3 is 2. The van der Waals surface area contributed by atoms with Crippen molar-refractivity contribution in [3.8, 4) is 0 Å². The molecule has 84 valence electrons. The molecule has 2 nitrogen and oxygen atoms in total. The van der Waals surface area contributed by atoms with Gasteiger partial charge in [-0.15, -0.1) is 0 Å². The molecule has 0 saturated heterocycles. The van der Waals surface area contributed by atoms with Crippen LogP contribution in [0.3, 0.4) is 0 Å². The van der Waals surface area contributed by atoms with Crippen LogP contribution in [-0.4, -0.2) is 27.4 Å². The first-order valence-electron chi connectivity index (χ1n) is 4.52. The maximum absolute atomic E-state index is 4.80. The summed E-state index contributed by atoms with van der Waals surface area (Å²) in [6.45, 7) is 10.3. The molecule has 0 fully saturated rings. The largest absolute Gasteiger partial charge is 0.384 e. The molecule has 0 amide bonds. The Bertz CT molecular complexity index is 60.5. The summed E-state index contributed by atoms with van der Waals surface area (Å²) < 4.78 is 9.61. The van der Waals surface area contributed by atoms with Crippen LogP contribution in [0.5, 0.6) is 0 Å². The van der Waals surface area contributed by atoms with E-state index in [-0.39, 0.29) is 7.43 Å². The van der Waals surface area contributed by atoms with E-state index in [0.29, 0.717) is 11.8 Å². The molecule has 0 spiro atoms. The predicted octanol–water partition coefficient (Wildman–Crippen LogP) is 3.21. The lowest BCUT2D eigenvalue weighted by atomic mass is 10.2. The van der Waals surface area contributed by atoms with Gasteiger partial charge in [0.1, 0.15) is 0 Å². The zero-order valence-corrected chi connectivity index (χ0v) is 9.39. The molecule has 0 aliphatic heterocycles. The molecule has 0 heterocycles. The molecule has 0 saturated carbocycles. The van der Waals surface area contributed by atoms with Gasteiger partial charge < -0.3 is 9.47 Å². The second-order valence-electron chi connectivity index (χ2n) is 3.70. The van der Waals surface area contributed by atoms with E-state index in [9.17, 15) is 0 Å². The Morgan fingerprint density at radius 3 is 1.00 bits per heavy atom. The predicted molar refractivity (Wildman–Crippen MR) is 60.2 cm³/mol. The topological polar surface area (TPSA) is 18.5 Å². The molecule has 0 unspecified atom stereocenters. The molecule has 13 heavy (non-hydrogen) atoms. The van der Waals surface area contributed by atoms with Gasteiger partial charge in [-0.2, -0.15) is 0 Å². The van der Waals surface area contributed by atoms with E-state index in [0.717, 1.165) is 13.2 Å². The summed E-state index contributed by atoms with van der Waals surface area (Å²) in [5.74, 6) is 1.35. The third-order valence-corrected chi connectivity index (χ3v) is 1.00. The van der Waals surface area contributed by atoms with E-state index in [1.165, 1.54) is 0 Å². The van der Waals surface area contributed by atoms with Crippen LogP contribution >= 0.6 is 0 Å². The Balaban J connectivity index is -0.000000143. The van der Waals surface area contributed by atoms with Crippen molar-refractivity contribution in [1.29, 1.82) is 0 Å². The molecule has 0 aliphatic rings. The van der Waals surface area contributed by atoms with Crippen molar-refractivity contribution in [3.05, 3.63) is 0 Å². The molecule has 0 radical (unpaired) electrons. The lowest BCUT2D eigenvalue weighted by Crippen LogP contribution is -1.96. The van der Waals surface area contributed by atoms with E-state index < -0.39 is 0 Å². The van der Waals surface area contributed by atoms with Gasteiger partial charge in [-0.05, 0) is 11.8 Å². The van der Waals surface area contributed by atoms with E-state index in [1.807, 2.05) is 0 Å². The van der Waals surface area contributed by atoms with Crippen LogP contribution in [0.2, 0.25) is 0 Å². The zero-order chi connectivity index (χ0) is 9.98. The SMILES string of the molecule is C.COCC(C)C.COCC(C)C. The minimum atomic E-state index is 0. The smallest absolute Gasteiger partial charge is 0.0485 e. The molecule has 0 aromatic carbocycles. The first-order chi connectivity index (χ1) is 5.54. The van der Waals surface area contributed by atoms with Crippen LogP contribution in [0.4, 0.5) is 0 Å². The van der Waals surface area contributed by atoms with Crippen molar-refractivity contribution in [2.45, 2.75) is 35.1 Å². The molecule has 0 atom stereocenters. The van der Waals surface area contributed by atoms with Crippen LogP contribution < -0.4 is 0 Å². The Labute approximate surface area is 84.6 Å². The Hall–Kier alpha value is -0.0800. The fourth-order valence-electron chi connectivity index (χ4n) is 0.667. The summed E-state index contributed by atoms with van der Waals surface area (Å²) in [5.41, 5.74) is 0. The summed E-state index contributed by atoms with van der Waals surface area (Å²) in [5, 5.41) is 0. The number of rotatable bonds is 4. The minimum absolute atomic E-state index is 0. The van der Waals surface area contributed by atoms with E-state index >= 15 is 0 Å². The van der Waals surface area contributed by atoms with E-state index in [2.05, 4.69) is 27.7 Å². The average molecular weight is 192 g/mol. The molecule has 0 aromatic rings. The van der Waals surface area contributed by atoms with Gasteiger partial charge in [0.25, 0.3) is 0 Å².